The molecule has 6 heteroatoms. The molecule has 1 rings (SSSR count). The molecular formula is C9H15N2O3P. The molecule has 0 saturated carbocycles. The molecule has 1 aromatic rings. The van der Waals surface area contributed by atoms with Crippen LogP contribution in [-0.4, -0.2) is 18.2 Å². The summed E-state index contributed by atoms with van der Waals surface area (Å²) < 4.78 is 22.5. The number of nitrogens with two attached hydrogens (primary N) is 1. The van der Waals surface area contributed by atoms with E-state index in [4.69, 9.17) is 14.8 Å². The molecule has 0 bridgehead atoms. The summed E-state index contributed by atoms with van der Waals surface area (Å²) in [6, 6.07) is 3.18. The Morgan fingerprint density at radius 2 is 1.93 bits per heavy atom. The molecule has 0 aromatic carbocycles. The van der Waals surface area contributed by atoms with Gasteiger partial charge in [-0.1, -0.05) is 0 Å². The minimum Gasteiger partial charge on any atom is -0.384 e. The van der Waals surface area contributed by atoms with Crippen LogP contribution in [0.4, 0.5) is 5.82 Å². The van der Waals surface area contributed by atoms with E-state index in [0.717, 1.165) is 0 Å². The number of nitrogen functional groups attached to an aromatic ring is 1. The maximum atomic E-state index is 12.2. The Morgan fingerprint density at radius 1 is 1.33 bits per heavy atom. The molecule has 0 saturated heterocycles. The van der Waals surface area contributed by atoms with Gasteiger partial charge >= 0.3 is 7.60 Å². The van der Waals surface area contributed by atoms with Crippen molar-refractivity contribution in [2.75, 3.05) is 18.9 Å². The Morgan fingerprint density at radius 3 is 2.33 bits per heavy atom. The van der Waals surface area contributed by atoms with Crippen molar-refractivity contribution in [2.45, 2.75) is 13.8 Å². The Balaban J connectivity index is 2.98. The Hall–Kier alpha value is -0.900. The molecule has 1 heterocycles. The summed E-state index contributed by atoms with van der Waals surface area (Å²) in [7, 11) is -3.21. The second-order valence-corrected chi connectivity index (χ2v) is 4.80. The molecule has 0 atom stereocenters. The minimum atomic E-state index is -3.21. The molecule has 0 aliphatic rings. The summed E-state index contributed by atoms with van der Waals surface area (Å²) in [5.41, 5.74) is 5.44. The fourth-order valence-corrected chi connectivity index (χ4v) is 2.59. The number of rotatable bonds is 5. The molecule has 0 radical (unpaired) electrons. The lowest BCUT2D eigenvalue weighted by molar-refractivity contribution is 0.230. The van der Waals surface area contributed by atoms with Crippen LogP contribution in [0.5, 0.6) is 0 Å². The largest absolute Gasteiger partial charge is 0.384 e. The molecular weight excluding hydrogens is 215 g/mol. The highest BCUT2D eigenvalue weighted by Crippen LogP contribution is 2.46. The van der Waals surface area contributed by atoms with Gasteiger partial charge in [-0.05, 0) is 26.0 Å². The van der Waals surface area contributed by atoms with E-state index in [1.54, 1.807) is 26.0 Å². The van der Waals surface area contributed by atoms with Crippen LogP contribution in [0.3, 0.4) is 0 Å². The van der Waals surface area contributed by atoms with Gasteiger partial charge in [-0.25, -0.2) is 4.98 Å². The van der Waals surface area contributed by atoms with E-state index in [1.807, 2.05) is 0 Å². The van der Waals surface area contributed by atoms with Gasteiger partial charge in [0.15, 0.2) is 0 Å². The topological polar surface area (TPSA) is 74.4 Å². The van der Waals surface area contributed by atoms with Crippen molar-refractivity contribution < 1.29 is 13.6 Å². The molecule has 5 nitrogen and oxygen atoms in total. The lowest BCUT2D eigenvalue weighted by Crippen LogP contribution is -2.11. The van der Waals surface area contributed by atoms with Crippen molar-refractivity contribution in [3.63, 3.8) is 0 Å². The third-order valence-electron chi connectivity index (χ3n) is 1.69. The van der Waals surface area contributed by atoms with Gasteiger partial charge in [0, 0.05) is 6.20 Å². The molecule has 0 amide bonds. The minimum absolute atomic E-state index is 0.321. The fourth-order valence-electron chi connectivity index (χ4n) is 1.09. The summed E-state index contributed by atoms with van der Waals surface area (Å²) in [6.07, 6.45) is 1.42. The van der Waals surface area contributed by atoms with E-state index in [0.29, 0.717) is 24.3 Å². The van der Waals surface area contributed by atoms with Crippen molar-refractivity contribution in [1.82, 2.24) is 4.98 Å². The summed E-state index contributed by atoms with van der Waals surface area (Å²) in [5, 5.41) is 0.431. The first kappa shape index (κ1) is 12.2. The third-order valence-corrected chi connectivity index (χ3v) is 3.78. The maximum absolute atomic E-state index is 12.2. The van der Waals surface area contributed by atoms with Crippen LogP contribution >= 0.6 is 7.60 Å². The van der Waals surface area contributed by atoms with Crippen LogP contribution in [0.1, 0.15) is 13.8 Å². The van der Waals surface area contributed by atoms with Crippen LogP contribution in [0.2, 0.25) is 0 Å². The lowest BCUT2D eigenvalue weighted by Gasteiger charge is -2.16. The lowest BCUT2D eigenvalue weighted by atomic mass is 10.5. The van der Waals surface area contributed by atoms with Crippen molar-refractivity contribution >= 4 is 18.7 Å². The summed E-state index contributed by atoms with van der Waals surface area (Å²) in [6.45, 7) is 4.16. The smallest absolute Gasteiger partial charge is 0.362 e. The highest BCUT2D eigenvalue weighted by Gasteiger charge is 2.26. The third kappa shape index (κ3) is 3.02. The predicted octanol–water partition coefficient (Wildman–Crippen LogP) is 1.56. The van der Waals surface area contributed by atoms with E-state index in [1.165, 1.54) is 6.20 Å². The predicted molar refractivity (Wildman–Crippen MR) is 59.1 cm³/mol. The molecule has 15 heavy (non-hydrogen) atoms. The average molecular weight is 230 g/mol. The first-order valence-corrected chi connectivity index (χ1v) is 6.28. The van der Waals surface area contributed by atoms with Crippen LogP contribution in [0, 0.1) is 0 Å². The summed E-state index contributed by atoms with van der Waals surface area (Å²) >= 11 is 0. The van der Waals surface area contributed by atoms with Crippen molar-refractivity contribution in [3.05, 3.63) is 18.3 Å². The van der Waals surface area contributed by atoms with Gasteiger partial charge in [-0.2, -0.15) is 0 Å². The standard InChI is InChI=1S/C9H15N2O3P/c1-3-13-15(12,14-4-2)8-5-6-9(10)11-7-8/h5-7H,3-4H2,1-2H3,(H2,10,11). The van der Waals surface area contributed by atoms with Gasteiger partial charge in [0.25, 0.3) is 0 Å². The SMILES string of the molecule is CCOP(=O)(OCC)c1ccc(N)nc1. The zero-order valence-electron chi connectivity index (χ0n) is 8.84. The Bertz CT molecular complexity index is 343. The molecule has 84 valence electrons. The highest BCUT2D eigenvalue weighted by molar-refractivity contribution is 7.62. The fraction of sp³-hybridized carbons (Fsp3) is 0.444. The van der Waals surface area contributed by atoms with E-state index < -0.39 is 7.60 Å². The molecule has 1 aromatic heterocycles. The van der Waals surface area contributed by atoms with E-state index >= 15 is 0 Å². The van der Waals surface area contributed by atoms with Gasteiger partial charge in [0.2, 0.25) is 0 Å². The molecule has 0 fully saturated rings. The van der Waals surface area contributed by atoms with Crippen LogP contribution < -0.4 is 11.0 Å². The Kier molecular flexibility index (Phi) is 4.27. The van der Waals surface area contributed by atoms with Crippen LogP contribution in [-0.2, 0) is 13.6 Å². The first-order valence-electron chi connectivity index (χ1n) is 4.73. The molecule has 0 unspecified atom stereocenters. The maximum Gasteiger partial charge on any atom is 0.362 e. The van der Waals surface area contributed by atoms with Crippen LogP contribution in [0.25, 0.3) is 0 Å². The number of hydrogen-bond donors (Lipinski definition) is 1. The van der Waals surface area contributed by atoms with E-state index in [2.05, 4.69) is 4.98 Å². The first-order chi connectivity index (χ1) is 7.12. The molecule has 2 N–H and O–H groups in total. The quantitative estimate of drug-likeness (QED) is 0.777. The van der Waals surface area contributed by atoms with Crippen LogP contribution in [0.15, 0.2) is 18.3 Å². The van der Waals surface area contributed by atoms with Gasteiger partial charge in [0.1, 0.15) is 5.82 Å². The number of nitrogens with zero attached hydrogens (tertiary/aromatic N) is 1. The van der Waals surface area contributed by atoms with Gasteiger partial charge in [-0.15, -0.1) is 0 Å². The summed E-state index contributed by atoms with van der Waals surface area (Å²) in [4.78, 5) is 3.86. The second-order valence-electron chi connectivity index (χ2n) is 2.77. The van der Waals surface area contributed by atoms with Gasteiger partial charge < -0.3 is 14.8 Å². The zero-order chi connectivity index (χ0) is 11.3. The molecule has 0 aliphatic heterocycles. The monoisotopic (exact) mass is 230 g/mol. The van der Waals surface area contributed by atoms with E-state index in [9.17, 15) is 4.57 Å². The zero-order valence-corrected chi connectivity index (χ0v) is 9.74. The van der Waals surface area contributed by atoms with Crippen molar-refractivity contribution in [1.29, 1.82) is 0 Å². The number of anilines is 1. The molecule has 0 spiro atoms. The van der Waals surface area contributed by atoms with Crippen molar-refractivity contribution in [2.24, 2.45) is 0 Å². The summed E-state index contributed by atoms with van der Waals surface area (Å²) in [5.74, 6) is 0.373. The van der Waals surface area contributed by atoms with Crippen molar-refractivity contribution in [3.8, 4) is 0 Å². The number of hydrogen-bond acceptors (Lipinski definition) is 5. The number of aromatic nitrogens is 1. The highest BCUT2D eigenvalue weighted by atomic mass is 31.2. The average Bonchev–Trinajstić information content (AvgIpc) is 2.19. The second kappa shape index (κ2) is 5.26. The number of pyridine rings is 1. The van der Waals surface area contributed by atoms with Gasteiger partial charge in [0.05, 0.1) is 18.5 Å². The molecule has 0 aliphatic carbocycles. The van der Waals surface area contributed by atoms with E-state index in [-0.39, 0.29) is 0 Å². The normalized spacial score (nSPS) is 11.6. The Labute approximate surface area is 89.1 Å². The van der Waals surface area contributed by atoms with Gasteiger partial charge in [-0.3, -0.25) is 4.57 Å².